The van der Waals surface area contributed by atoms with E-state index in [0.29, 0.717) is 13.1 Å². The SMILES string of the molecule is Cc1ocnc1CNCc1nn(C)c2ccccc12. The molecule has 0 bridgehead atoms. The molecule has 0 saturated carbocycles. The van der Waals surface area contributed by atoms with Gasteiger partial charge in [0, 0.05) is 25.5 Å². The van der Waals surface area contributed by atoms with E-state index >= 15 is 0 Å². The molecular weight excluding hydrogens is 240 g/mol. The summed E-state index contributed by atoms with van der Waals surface area (Å²) in [6.45, 7) is 3.32. The third kappa shape index (κ3) is 2.24. The van der Waals surface area contributed by atoms with Crippen molar-refractivity contribution in [2.24, 2.45) is 7.05 Å². The highest BCUT2D eigenvalue weighted by atomic mass is 16.3. The van der Waals surface area contributed by atoms with Crippen LogP contribution in [0, 0.1) is 6.92 Å². The largest absolute Gasteiger partial charge is 0.448 e. The molecular formula is C14H16N4O. The molecule has 0 unspecified atom stereocenters. The van der Waals surface area contributed by atoms with Crippen LogP contribution in [0.25, 0.3) is 10.9 Å². The van der Waals surface area contributed by atoms with E-state index in [1.54, 1.807) is 0 Å². The lowest BCUT2D eigenvalue weighted by molar-refractivity contribution is 0.522. The third-order valence-corrected chi connectivity index (χ3v) is 3.26. The van der Waals surface area contributed by atoms with Crippen molar-refractivity contribution in [3.63, 3.8) is 0 Å². The van der Waals surface area contributed by atoms with Crippen molar-refractivity contribution < 1.29 is 4.42 Å². The fourth-order valence-electron chi connectivity index (χ4n) is 2.22. The Morgan fingerprint density at radius 1 is 1.21 bits per heavy atom. The first-order chi connectivity index (χ1) is 9.25. The van der Waals surface area contributed by atoms with Gasteiger partial charge in [-0.25, -0.2) is 4.98 Å². The van der Waals surface area contributed by atoms with E-state index in [-0.39, 0.29) is 0 Å². The van der Waals surface area contributed by atoms with Crippen LogP contribution in [-0.4, -0.2) is 14.8 Å². The first-order valence-electron chi connectivity index (χ1n) is 6.26. The molecule has 98 valence electrons. The van der Waals surface area contributed by atoms with Gasteiger partial charge in [0.1, 0.15) is 5.76 Å². The minimum Gasteiger partial charge on any atom is -0.448 e. The van der Waals surface area contributed by atoms with E-state index in [9.17, 15) is 0 Å². The molecule has 1 aromatic carbocycles. The summed E-state index contributed by atoms with van der Waals surface area (Å²) in [5.41, 5.74) is 3.15. The van der Waals surface area contributed by atoms with Gasteiger partial charge in [0.15, 0.2) is 6.39 Å². The number of para-hydroxylation sites is 1. The second-order valence-corrected chi connectivity index (χ2v) is 4.55. The lowest BCUT2D eigenvalue weighted by atomic mass is 10.2. The number of benzene rings is 1. The normalized spacial score (nSPS) is 11.3. The highest BCUT2D eigenvalue weighted by molar-refractivity contribution is 5.81. The molecule has 5 heteroatoms. The van der Waals surface area contributed by atoms with Gasteiger partial charge in [0.25, 0.3) is 0 Å². The molecule has 2 heterocycles. The van der Waals surface area contributed by atoms with Gasteiger partial charge >= 0.3 is 0 Å². The molecule has 1 N–H and O–H groups in total. The number of hydrogen-bond acceptors (Lipinski definition) is 4. The molecule has 0 aliphatic carbocycles. The van der Waals surface area contributed by atoms with Gasteiger partial charge in [-0.15, -0.1) is 0 Å². The number of rotatable bonds is 4. The maximum atomic E-state index is 5.17. The fraction of sp³-hybridized carbons (Fsp3) is 0.286. The van der Waals surface area contributed by atoms with E-state index in [1.165, 1.54) is 11.8 Å². The molecule has 0 saturated heterocycles. The quantitative estimate of drug-likeness (QED) is 0.777. The molecule has 0 fully saturated rings. The van der Waals surface area contributed by atoms with Crippen LogP contribution in [0.1, 0.15) is 17.1 Å². The molecule has 3 rings (SSSR count). The van der Waals surface area contributed by atoms with Gasteiger partial charge in [0.2, 0.25) is 0 Å². The molecule has 3 aromatic rings. The lowest BCUT2D eigenvalue weighted by Crippen LogP contribution is -2.14. The summed E-state index contributed by atoms with van der Waals surface area (Å²) >= 11 is 0. The molecule has 0 aliphatic rings. The summed E-state index contributed by atoms with van der Waals surface area (Å²) < 4.78 is 7.08. The van der Waals surface area contributed by atoms with Crippen molar-refractivity contribution in [3.8, 4) is 0 Å². The average Bonchev–Trinajstić information content (AvgIpc) is 2.96. The molecule has 0 atom stereocenters. The van der Waals surface area contributed by atoms with Crippen LogP contribution in [0.4, 0.5) is 0 Å². The monoisotopic (exact) mass is 256 g/mol. The summed E-state index contributed by atoms with van der Waals surface area (Å²) in [6, 6.07) is 8.24. The second-order valence-electron chi connectivity index (χ2n) is 4.55. The maximum Gasteiger partial charge on any atom is 0.181 e. The number of hydrogen-bond donors (Lipinski definition) is 1. The van der Waals surface area contributed by atoms with Crippen LogP contribution >= 0.6 is 0 Å². The molecule has 2 aromatic heterocycles. The van der Waals surface area contributed by atoms with Gasteiger partial charge in [-0.2, -0.15) is 5.10 Å². The molecule has 0 spiro atoms. The van der Waals surface area contributed by atoms with Gasteiger partial charge < -0.3 is 9.73 Å². The molecule has 0 aliphatic heterocycles. The van der Waals surface area contributed by atoms with Crippen LogP contribution in [0.2, 0.25) is 0 Å². The van der Waals surface area contributed by atoms with Crippen molar-refractivity contribution in [3.05, 3.63) is 47.8 Å². The smallest absolute Gasteiger partial charge is 0.181 e. The van der Waals surface area contributed by atoms with Crippen molar-refractivity contribution >= 4 is 10.9 Å². The average molecular weight is 256 g/mol. The number of oxazole rings is 1. The Kier molecular flexibility index (Phi) is 3.05. The number of nitrogens with one attached hydrogen (secondary N) is 1. The lowest BCUT2D eigenvalue weighted by Gasteiger charge is -2.00. The highest BCUT2D eigenvalue weighted by Gasteiger charge is 2.08. The summed E-state index contributed by atoms with van der Waals surface area (Å²) in [4.78, 5) is 4.16. The highest BCUT2D eigenvalue weighted by Crippen LogP contribution is 2.17. The van der Waals surface area contributed by atoms with Gasteiger partial charge in [-0.3, -0.25) is 4.68 Å². The minimum absolute atomic E-state index is 0.688. The van der Waals surface area contributed by atoms with Crippen molar-refractivity contribution in [2.45, 2.75) is 20.0 Å². The number of fused-ring (bicyclic) bond motifs is 1. The van der Waals surface area contributed by atoms with Crippen LogP contribution in [0.15, 0.2) is 35.1 Å². The van der Waals surface area contributed by atoms with Crippen LogP contribution in [-0.2, 0) is 20.1 Å². The first-order valence-corrected chi connectivity index (χ1v) is 6.26. The summed E-state index contributed by atoms with van der Waals surface area (Å²) in [5.74, 6) is 0.860. The van der Waals surface area contributed by atoms with Crippen LogP contribution in [0.5, 0.6) is 0 Å². The van der Waals surface area contributed by atoms with Crippen molar-refractivity contribution in [1.29, 1.82) is 0 Å². The topological polar surface area (TPSA) is 55.9 Å². The van der Waals surface area contributed by atoms with E-state index < -0.39 is 0 Å². The van der Waals surface area contributed by atoms with E-state index in [1.807, 2.05) is 30.8 Å². The zero-order valence-electron chi connectivity index (χ0n) is 11.1. The Labute approximate surface area is 111 Å². The predicted molar refractivity (Wildman–Crippen MR) is 72.5 cm³/mol. The Bertz CT molecular complexity index is 698. The zero-order chi connectivity index (χ0) is 13.2. The Hall–Kier alpha value is -2.14. The fourth-order valence-corrected chi connectivity index (χ4v) is 2.22. The number of nitrogens with zero attached hydrogens (tertiary/aromatic N) is 3. The summed E-state index contributed by atoms with van der Waals surface area (Å²) in [5, 5.41) is 9.08. The molecule has 5 nitrogen and oxygen atoms in total. The standard InChI is InChI=1S/C14H16N4O/c1-10-12(16-9-19-10)7-15-8-13-11-5-3-4-6-14(11)18(2)17-13/h3-6,9,15H,7-8H2,1-2H3. The summed E-state index contributed by atoms with van der Waals surface area (Å²) in [6.07, 6.45) is 1.47. The molecule has 0 radical (unpaired) electrons. The van der Waals surface area contributed by atoms with Crippen molar-refractivity contribution in [2.75, 3.05) is 0 Å². The van der Waals surface area contributed by atoms with Gasteiger partial charge in [0.05, 0.1) is 16.9 Å². The number of aryl methyl sites for hydroxylation is 2. The Morgan fingerprint density at radius 3 is 2.79 bits per heavy atom. The van der Waals surface area contributed by atoms with Crippen molar-refractivity contribution in [1.82, 2.24) is 20.1 Å². The predicted octanol–water partition coefficient (Wildman–Crippen LogP) is 2.16. The maximum absolute atomic E-state index is 5.17. The van der Waals surface area contributed by atoms with E-state index in [4.69, 9.17) is 4.42 Å². The Morgan fingerprint density at radius 2 is 2.00 bits per heavy atom. The number of aromatic nitrogens is 3. The summed E-state index contributed by atoms with van der Waals surface area (Å²) in [7, 11) is 1.97. The van der Waals surface area contributed by atoms with Gasteiger partial charge in [-0.05, 0) is 13.0 Å². The molecule has 0 amide bonds. The Balaban J connectivity index is 1.74. The van der Waals surface area contributed by atoms with E-state index in [0.717, 1.165) is 22.7 Å². The van der Waals surface area contributed by atoms with Gasteiger partial charge in [-0.1, -0.05) is 18.2 Å². The minimum atomic E-state index is 0.688. The van der Waals surface area contributed by atoms with Crippen LogP contribution in [0.3, 0.4) is 0 Å². The van der Waals surface area contributed by atoms with E-state index in [2.05, 4.69) is 27.5 Å². The van der Waals surface area contributed by atoms with Crippen LogP contribution < -0.4 is 5.32 Å². The second kappa shape index (κ2) is 4.85. The first kappa shape index (κ1) is 11.9. The molecule has 19 heavy (non-hydrogen) atoms. The zero-order valence-corrected chi connectivity index (χ0v) is 11.1. The third-order valence-electron chi connectivity index (χ3n) is 3.26.